The van der Waals surface area contributed by atoms with E-state index in [0.717, 1.165) is 32.1 Å². The van der Waals surface area contributed by atoms with E-state index in [0.29, 0.717) is 19.3 Å². The van der Waals surface area contributed by atoms with Crippen LogP contribution in [0.3, 0.4) is 0 Å². The molecule has 0 spiro atoms. The van der Waals surface area contributed by atoms with E-state index in [-0.39, 0.29) is 17.1 Å². The summed E-state index contributed by atoms with van der Waals surface area (Å²) >= 11 is 0. The number of carbonyl (C=O) groups is 2. The SMILES string of the molecule is CCCC/C(C(=O)O)=C(\CC(CC)CCCC)C(=O)O. The van der Waals surface area contributed by atoms with E-state index < -0.39 is 11.9 Å². The number of hydrogen-bond donors (Lipinski definition) is 2. The summed E-state index contributed by atoms with van der Waals surface area (Å²) in [5.41, 5.74) is 0.197. The van der Waals surface area contributed by atoms with Gasteiger partial charge in [0, 0.05) is 11.1 Å². The first-order valence-electron chi connectivity index (χ1n) is 7.66. The molecule has 0 rings (SSSR count). The van der Waals surface area contributed by atoms with Crippen molar-refractivity contribution in [2.45, 2.75) is 72.1 Å². The van der Waals surface area contributed by atoms with Crippen LogP contribution in [0.4, 0.5) is 0 Å². The minimum atomic E-state index is -1.08. The number of hydrogen-bond acceptors (Lipinski definition) is 2. The highest BCUT2D eigenvalue weighted by molar-refractivity contribution is 5.98. The van der Waals surface area contributed by atoms with Crippen LogP contribution in [0.15, 0.2) is 11.1 Å². The maximum Gasteiger partial charge on any atom is 0.332 e. The summed E-state index contributed by atoms with van der Waals surface area (Å²) in [4.78, 5) is 22.7. The van der Waals surface area contributed by atoms with E-state index in [1.54, 1.807) is 0 Å². The molecule has 0 aromatic heterocycles. The van der Waals surface area contributed by atoms with Gasteiger partial charge < -0.3 is 10.2 Å². The molecule has 0 aromatic carbocycles. The van der Waals surface area contributed by atoms with Gasteiger partial charge in [-0.1, -0.05) is 52.9 Å². The van der Waals surface area contributed by atoms with Gasteiger partial charge in [-0.3, -0.25) is 0 Å². The van der Waals surface area contributed by atoms with Crippen LogP contribution >= 0.6 is 0 Å². The summed E-state index contributed by atoms with van der Waals surface area (Å²) in [7, 11) is 0. The first kappa shape index (κ1) is 18.7. The molecular formula is C16H28O4. The van der Waals surface area contributed by atoms with Gasteiger partial charge in [0.05, 0.1) is 0 Å². The summed E-state index contributed by atoms with van der Waals surface area (Å²) in [5, 5.41) is 18.6. The van der Waals surface area contributed by atoms with Crippen LogP contribution in [-0.2, 0) is 9.59 Å². The molecule has 0 bridgehead atoms. The highest BCUT2D eigenvalue weighted by atomic mass is 16.4. The second-order valence-electron chi connectivity index (χ2n) is 5.29. The lowest BCUT2D eigenvalue weighted by Crippen LogP contribution is -2.15. The van der Waals surface area contributed by atoms with Gasteiger partial charge in [0.25, 0.3) is 0 Å². The second-order valence-corrected chi connectivity index (χ2v) is 5.29. The zero-order valence-electron chi connectivity index (χ0n) is 12.9. The molecule has 0 radical (unpaired) electrons. The maximum absolute atomic E-state index is 11.4. The molecule has 0 saturated carbocycles. The molecule has 20 heavy (non-hydrogen) atoms. The zero-order valence-corrected chi connectivity index (χ0v) is 12.9. The molecule has 4 nitrogen and oxygen atoms in total. The Labute approximate surface area is 121 Å². The molecule has 0 aliphatic rings. The topological polar surface area (TPSA) is 74.6 Å². The third kappa shape index (κ3) is 6.73. The van der Waals surface area contributed by atoms with Crippen molar-refractivity contribution in [2.24, 2.45) is 5.92 Å². The molecular weight excluding hydrogens is 256 g/mol. The Morgan fingerprint density at radius 2 is 1.45 bits per heavy atom. The number of rotatable bonds is 11. The molecule has 0 aliphatic heterocycles. The number of carboxylic acid groups (broad SMARTS) is 2. The number of carboxylic acids is 2. The van der Waals surface area contributed by atoms with Crippen molar-refractivity contribution < 1.29 is 19.8 Å². The second kappa shape index (κ2) is 10.5. The van der Waals surface area contributed by atoms with Crippen LogP contribution in [-0.4, -0.2) is 22.2 Å². The normalized spacial score (nSPS) is 13.8. The van der Waals surface area contributed by atoms with Crippen molar-refractivity contribution >= 4 is 11.9 Å². The molecule has 116 valence electrons. The van der Waals surface area contributed by atoms with Gasteiger partial charge in [-0.2, -0.15) is 0 Å². The molecule has 0 heterocycles. The van der Waals surface area contributed by atoms with Crippen LogP contribution in [0.1, 0.15) is 72.1 Å². The van der Waals surface area contributed by atoms with Crippen molar-refractivity contribution in [1.29, 1.82) is 0 Å². The fourth-order valence-corrected chi connectivity index (χ4v) is 2.31. The van der Waals surface area contributed by atoms with Crippen molar-refractivity contribution in [2.75, 3.05) is 0 Å². The Kier molecular flexibility index (Phi) is 9.77. The fraction of sp³-hybridized carbons (Fsp3) is 0.750. The fourth-order valence-electron chi connectivity index (χ4n) is 2.31. The number of aliphatic carboxylic acids is 2. The lowest BCUT2D eigenvalue weighted by atomic mass is 9.88. The molecule has 0 aliphatic carbocycles. The first-order valence-corrected chi connectivity index (χ1v) is 7.66. The van der Waals surface area contributed by atoms with E-state index >= 15 is 0 Å². The minimum absolute atomic E-state index is 0.0919. The van der Waals surface area contributed by atoms with E-state index in [9.17, 15) is 19.8 Å². The van der Waals surface area contributed by atoms with Gasteiger partial charge >= 0.3 is 11.9 Å². The van der Waals surface area contributed by atoms with Gasteiger partial charge in [0.1, 0.15) is 0 Å². The molecule has 0 amide bonds. The van der Waals surface area contributed by atoms with Crippen LogP contribution in [0, 0.1) is 5.92 Å². The summed E-state index contributed by atoms with van der Waals surface area (Å²) in [6, 6.07) is 0. The minimum Gasteiger partial charge on any atom is -0.478 e. The summed E-state index contributed by atoms with van der Waals surface area (Å²) in [6.07, 6.45) is 6.27. The van der Waals surface area contributed by atoms with E-state index in [1.165, 1.54) is 0 Å². The quantitative estimate of drug-likeness (QED) is 0.556. The number of unbranched alkanes of at least 4 members (excludes halogenated alkanes) is 2. The van der Waals surface area contributed by atoms with Gasteiger partial charge in [-0.15, -0.1) is 0 Å². The summed E-state index contributed by atoms with van der Waals surface area (Å²) in [5.74, 6) is -1.90. The summed E-state index contributed by atoms with van der Waals surface area (Å²) < 4.78 is 0. The molecule has 0 saturated heterocycles. The van der Waals surface area contributed by atoms with Gasteiger partial charge in [0.15, 0.2) is 0 Å². The highest BCUT2D eigenvalue weighted by Gasteiger charge is 2.22. The predicted octanol–water partition coefficient (Wildman–Crippen LogP) is 4.25. The monoisotopic (exact) mass is 284 g/mol. The predicted molar refractivity (Wildman–Crippen MR) is 79.7 cm³/mol. The highest BCUT2D eigenvalue weighted by Crippen LogP contribution is 2.25. The Morgan fingerprint density at radius 3 is 1.85 bits per heavy atom. The van der Waals surface area contributed by atoms with Crippen LogP contribution < -0.4 is 0 Å². The Hall–Kier alpha value is -1.32. The lowest BCUT2D eigenvalue weighted by Gasteiger charge is -2.16. The van der Waals surface area contributed by atoms with Gasteiger partial charge in [-0.25, -0.2) is 9.59 Å². The smallest absolute Gasteiger partial charge is 0.332 e. The van der Waals surface area contributed by atoms with Crippen LogP contribution in [0.25, 0.3) is 0 Å². The average Bonchev–Trinajstić information content (AvgIpc) is 2.40. The molecule has 1 atom stereocenters. The molecule has 0 aromatic rings. The largest absolute Gasteiger partial charge is 0.478 e. The summed E-state index contributed by atoms with van der Waals surface area (Å²) in [6.45, 7) is 6.10. The molecule has 1 unspecified atom stereocenters. The molecule has 0 fully saturated rings. The zero-order chi connectivity index (χ0) is 15.5. The van der Waals surface area contributed by atoms with Crippen LogP contribution in [0.5, 0.6) is 0 Å². The van der Waals surface area contributed by atoms with Crippen molar-refractivity contribution in [1.82, 2.24) is 0 Å². The Morgan fingerprint density at radius 1 is 0.900 bits per heavy atom. The standard InChI is InChI=1S/C16H28O4/c1-4-7-9-12(6-3)11-14(16(19)20)13(15(17)18)10-8-5-2/h12H,4-11H2,1-3H3,(H,17,18)(H,19,20)/b14-13-. The van der Waals surface area contributed by atoms with E-state index in [2.05, 4.69) is 6.92 Å². The Bertz CT molecular complexity index is 344. The Balaban J connectivity index is 5.14. The van der Waals surface area contributed by atoms with Crippen molar-refractivity contribution in [3.8, 4) is 0 Å². The van der Waals surface area contributed by atoms with Gasteiger partial charge in [0.2, 0.25) is 0 Å². The van der Waals surface area contributed by atoms with Gasteiger partial charge in [-0.05, 0) is 25.2 Å². The third-order valence-corrected chi connectivity index (χ3v) is 3.70. The average molecular weight is 284 g/mol. The maximum atomic E-state index is 11.4. The molecule has 4 heteroatoms. The van der Waals surface area contributed by atoms with Crippen LogP contribution in [0.2, 0.25) is 0 Å². The third-order valence-electron chi connectivity index (χ3n) is 3.70. The first-order chi connectivity index (χ1) is 9.47. The van der Waals surface area contributed by atoms with E-state index in [1.807, 2.05) is 13.8 Å². The van der Waals surface area contributed by atoms with E-state index in [4.69, 9.17) is 0 Å². The van der Waals surface area contributed by atoms with Crippen molar-refractivity contribution in [3.05, 3.63) is 11.1 Å². The molecule has 2 N–H and O–H groups in total. The van der Waals surface area contributed by atoms with Crippen molar-refractivity contribution in [3.63, 3.8) is 0 Å². The lowest BCUT2D eigenvalue weighted by molar-refractivity contribution is -0.136.